The molecular weight excluding hydrogens is 236 g/mol. The summed E-state index contributed by atoms with van der Waals surface area (Å²) in [6, 6.07) is 0. The van der Waals surface area contributed by atoms with Crippen LogP contribution in [0.15, 0.2) is 0 Å². The third-order valence-electron chi connectivity index (χ3n) is 3.78. The van der Waals surface area contributed by atoms with Crippen LogP contribution in [-0.4, -0.2) is 69.1 Å². The van der Waals surface area contributed by atoms with Gasteiger partial charge in [0.2, 0.25) is 0 Å². The van der Waals surface area contributed by atoms with E-state index in [9.17, 15) is 4.79 Å². The van der Waals surface area contributed by atoms with Gasteiger partial charge in [-0.05, 0) is 12.8 Å². The van der Waals surface area contributed by atoms with E-state index in [2.05, 4.69) is 0 Å². The summed E-state index contributed by atoms with van der Waals surface area (Å²) < 4.78 is 16.3. The second-order valence-corrected chi connectivity index (χ2v) is 4.85. The third kappa shape index (κ3) is 2.66. The van der Waals surface area contributed by atoms with Gasteiger partial charge in [0.25, 0.3) is 5.91 Å². The Hall–Kier alpha value is -0.690. The van der Waals surface area contributed by atoms with Gasteiger partial charge < -0.3 is 24.8 Å². The predicted molar refractivity (Wildman–Crippen MR) is 65.1 cm³/mol. The van der Waals surface area contributed by atoms with Gasteiger partial charge in [0.15, 0.2) is 0 Å². The molecule has 6 heteroatoms. The molecule has 2 aliphatic heterocycles. The number of methoxy groups -OCH3 is 2. The Kier molecular flexibility index (Phi) is 4.55. The fraction of sp³-hybridized carbons (Fsp3) is 0.917. The predicted octanol–water partition coefficient (Wildman–Crippen LogP) is -0.635. The van der Waals surface area contributed by atoms with E-state index >= 15 is 0 Å². The molecule has 104 valence electrons. The largest absolute Gasteiger partial charge is 0.377 e. The van der Waals surface area contributed by atoms with Crippen LogP contribution in [0.3, 0.4) is 0 Å². The quantitative estimate of drug-likeness (QED) is 0.726. The number of amides is 1. The molecule has 0 aromatic heterocycles. The Balaban J connectivity index is 1.91. The number of rotatable bonds is 4. The summed E-state index contributed by atoms with van der Waals surface area (Å²) in [7, 11) is 3.28. The molecule has 0 radical (unpaired) electrons. The van der Waals surface area contributed by atoms with Gasteiger partial charge in [-0.1, -0.05) is 0 Å². The smallest absolute Gasteiger partial charge is 0.251 e. The first-order chi connectivity index (χ1) is 8.69. The van der Waals surface area contributed by atoms with Crippen molar-refractivity contribution >= 4 is 5.91 Å². The lowest BCUT2D eigenvalue weighted by Gasteiger charge is -2.20. The van der Waals surface area contributed by atoms with E-state index in [1.807, 2.05) is 0 Å². The number of ether oxygens (including phenoxy) is 3. The van der Waals surface area contributed by atoms with Crippen LogP contribution in [0.1, 0.15) is 12.8 Å². The lowest BCUT2D eigenvalue weighted by molar-refractivity contribution is -0.142. The van der Waals surface area contributed by atoms with Gasteiger partial charge >= 0.3 is 0 Å². The molecule has 2 N–H and O–H groups in total. The van der Waals surface area contributed by atoms with Crippen LogP contribution < -0.4 is 5.73 Å². The van der Waals surface area contributed by atoms with Crippen molar-refractivity contribution in [1.29, 1.82) is 0 Å². The van der Waals surface area contributed by atoms with Crippen molar-refractivity contribution in [2.75, 3.05) is 33.9 Å². The van der Waals surface area contributed by atoms with Gasteiger partial charge in [0.1, 0.15) is 18.3 Å². The highest BCUT2D eigenvalue weighted by Gasteiger charge is 2.40. The maximum Gasteiger partial charge on any atom is 0.251 e. The first kappa shape index (κ1) is 13.7. The van der Waals surface area contributed by atoms with Crippen LogP contribution in [0.4, 0.5) is 0 Å². The molecule has 18 heavy (non-hydrogen) atoms. The third-order valence-corrected chi connectivity index (χ3v) is 3.78. The Labute approximate surface area is 107 Å². The normalized spacial score (nSPS) is 36.3. The summed E-state index contributed by atoms with van der Waals surface area (Å²) in [6.07, 6.45) is 1.20. The number of likely N-dealkylation sites (tertiary alicyclic amines) is 1. The molecule has 0 saturated carbocycles. The van der Waals surface area contributed by atoms with E-state index in [0.29, 0.717) is 19.6 Å². The fourth-order valence-corrected chi connectivity index (χ4v) is 2.64. The molecular formula is C12H22N2O4. The molecule has 0 aliphatic carbocycles. The van der Waals surface area contributed by atoms with Crippen molar-refractivity contribution in [3.63, 3.8) is 0 Å². The molecule has 0 bridgehead atoms. The lowest BCUT2D eigenvalue weighted by Crippen LogP contribution is -2.39. The highest BCUT2D eigenvalue weighted by atomic mass is 16.5. The SMILES string of the molecule is COC1CN(C(=O)C2CCC(CN)O2)CC1OC. The Bertz CT molecular complexity index is 288. The van der Waals surface area contributed by atoms with Crippen molar-refractivity contribution in [2.45, 2.75) is 37.3 Å². The Morgan fingerprint density at radius 1 is 1.28 bits per heavy atom. The van der Waals surface area contributed by atoms with E-state index in [-0.39, 0.29) is 30.3 Å². The van der Waals surface area contributed by atoms with Crippen molar-refractivity contribution in [2.24, 2.45) is 5.73 Å². The molecule has 1 amide bonds. The standard InChI is InChI=1S/C12H22N2O4/c1-16-10-6-14(7-11(10)17-2)12(15)9-4-3-8(5-13)18-9/h8-11H,3-7,13H2,1-2H3. The molecule has 2 saturated heterocycles. The zero-order chi connectivity index (χ0) is 13.1. The Morgan fingerprint density at radius 3 is 2.33 bits per heavy atom. The number of nitrogens with two attached hydrogens (primary N) is 1. The summed E-state index contributed by atoms with van der Waals surface area (Å²) in [5, 5.41) is 0. The second kappa shape index (κ2) is 5.97. The first-order valence-electron chi connectivity index (χ1n) is 6.39. The average Bonchev–Trinajstić information content (AvgIpc) is 3.03. The van der Waals surface area contributed by atoms with Crippen molar-refractivity contribution in [3.8, 4) is 0 Å². The summed E-state index contributed by atoms with van der Waals surface area (Å²) in [4.78, 5) is 14.1. The maximum atomic E-state index is 12.3. The average molecular weight is 258 g/mol. The van der Waals surface area contributed by atoms with Crippen LogP contribution in [0, 0.1) is 0 Å². The maximum absolute atomic E-state index is 12.3. The first-order valence-corrected chi connectivity index (χ1v) is 6.39. The van der Waals surface area contributed by atoms with Gasteiger partial charge in [-0.3, -0.25) is 4.79 Å². The summed E-state index contributed by atoms with van der Waals surface area (Å²) in [5.41, 5.74) is 5.55. The molecule has 2 aliphatic rings. The fourth-order valence-electron chi connectivity index (χ4n) is 2.64. The van der Waals surface area contributed by atoms with E-state index in [0.717, 1.165) is 12.8 Å². The Morgan fingerprint density at radius 2 is 1.89 bits per heavy atom. The van der Waals surface area contributed by atoms with Crippen LogP contribution in [0.25, 0.3) is 0 Å². The second-order valence-electron chi connectivity index (χ2n) is 4.85. The van der Waals surface area contributed by atoms with Crippen LogP contribution in [-0.2, 0) is 19.0 Å². The molecule has 4 unspecified atom stereocenters. The summed E-state index contributed by atoms with van der Waals surface area (Å²) in [6.45, 7) is 1.62. The number of hydrogen-bond donors (Lipinski definition) is 1. The van der Waals surface area contributed by atoms with E-state index in [1.54, 1.807) is 19.1 Å². The highest BCUT2D eigenvalue weighted by molar-refractivity contribution is 5.81. The molecule has 2 fully saturated rings. The molecule has 0 spiro atoms. The molecule has 0 aromatic rings. The van der Waals surface area contributed by atoms with Gasteiger partial charge in [-0.2, -0.15) is 0 Å². The number of hydrogen-bond acceptors (Lipinski definition) is 5. The zero-order valence-electron chi connectivity index (χ0n) is 11.0. The number of nitrogens with zero attached hydrogens (tertiary/aromatic N) is 1. The lowest BCUT2D eigenvalue weighted by atomic mass is 10.2. The van der Waals surface area contributed by atoms with Gasteiger partial charge in [0.05, 0.1) is 6.10 Å². The van der Waals surface area contributed by atoms with Gasteiger partial charge in [-0.25, -0.2) is 0 Å². The van der Waals surface area contributed by atoms with Crippen molar-refractivity contribution < 1.29 is 19.0 Å². The number of carbonyl (C=O) groups is 1. The molecule has 2 heterocycles. The minimum Gasteiger partial charge on any atom is -0.377 e. The number of carbonyl (C=O) groups excluding carboxylic acids is 1. The van der Waals surface area contributed by atoms with Crippen LogP contribution in [0.5, 0.6) is 0 Å². The van der Waals surface area contributed by atoms with Gasteiger partial charge in [0, 0.05) is 33.9 Å². The van der Waals surface area contributed by atoms with Gasteiger partial charge in [-0.15, -0.1) is 0 Å². The van der Waals surface area contributed by atoms with Crippen LogP contribution in [0.2, 0.25) is 0 Å². The summed E-state index contributed by atoms with van der Waals surface area (Å²) >= 11 is 0. The monoisotopic (exact) mass is 258 g/mol. The minimum atomic E-state index is -0.341. The molecule has 4 atom stereocenters. The van der Waals surface area contributed by atoms with Crippen molar-refractivity contribution in [3.05, 3.63) is 0 Å². The van der Waals surface area contributed by atoms with E-state index in [4.69, 9.17) is 19.9 Å². The molecule has 6 nitrogen and oxygen atoms in total. The van der Waals surface area contributed by atoms with Crippen LogP contribution >= 0.6 is 0 Å². The topological polar surface area (TPSA) is 74.0 Å². The molecule has 0 aromatic carbocycles. The highest BCUT2D eigenvalue weighted by Crippen LogP contribution is 2.24. The summed E-state index contributed by atoms with van der Waals surface area (Å²) in [5.74, 6) is 0.0348. The van der Waals surface area contributed by atoms with Crippen molar-refractivity contribution in [1.82, 2.24) is 4.90 Å². The van der Waals surface area contributed by atoms with E-state index in [1.165, 1.54) is 0 Å². The molecule has 2 rings (SSSR count). The zero-order valence-corrected chi connectivity index (χ0v) is 11.0. The van der Waals surface area contributed by atoms with E-state index < -0.39 is 0 Å². The minimum absolute atomic E-state index is 0.0259.